The molecule has 0 aliphatic heterocycles. The Labute approximate surface area is 111 Å². The number of nitrogens with one attached hydrogen (secondary N) is 1. The maximum absolute atomic E-state index is 11.5. The molecule has 2 aromatic rings. The molecule has 0 fully saturated rings. The van der Waals surface area contributed by atoms with Crippen molar-refractivity contribution in [2.24, 2.45) is 0 Å². The quantitative estimate of drug-likeness (QED) is 0.861. The van der Waals surface area contributed by atoms with Gasteiger partial charge in [-0.05, 0) is 30.5 Å². The molecule has 1 amide bonds. The fraction of sp³-hybridized carbons (Fsp3) is 0.143. The summed E-state index contributed by atoms with van der Waals surface area (Å²) in [6, 6.07) is 13.6. The second-order valence-electron chi connectivity index (χ2n) is 3.72. The second kappa shape index (κ2) is 5.69. The normalized spacial score (nSPS) is 10.1. The van der Waals surface area contributed by atoms with Crippen LogP contribution in [0.5, 0.6) is 0 Å². The van der Waals surface area contributed by atoms with E-state index < -0.39 is 0 Å². The molecule has 1 aromatic heterocycles. The van der Waals surface area contributed by atoms with E-state index >= 15 is 0 Å². The predicted octanol–water partition coefficient (Wildman–Crippen LogP) is 2.83. The Bertz CT molecular complexity index is 569. The van der Waals surface area contributed by atoms with Crippen molar-refractivity contribution in [3.63, 3.8) is 0 Å². The van der Waals surface area contributed by atoms with Gasteiger partial charge in [-0.25, -0.2) is 4.98 Å². The van der Waals surface area contributed by atoms with Crippen molar-refractivity contribution in [3.05, 3.63) is 48.2 Å². The van der Waals surface area contributed by atoms with Crippen molar-refractivity contribution in [2.75, 3.05) is 13.3 Å². The summed E-state index contributed by atoms with van der Waals surface area (Å²) in [4.78, 5) is 17.1. The first-order valence-corrected chi connectivity index (χ1v) is 6.80. The third-order valence-electron chi connectivity index (χ3n) is 2.57. The highest BCUT2D eigenvalue weighted by molar-refractivity contribution is 7.98. The number of hydrogen-bond donors (Lipinski definition) is 1. The van der Waals surface area contributed by atoms with E-state index in [1.807, 2.05) is 30.5 Å². The standard InChI is InChI=1S/C14H14N2OS/c1-15-14(17)13-8-4-7-12(16-13)10-5-3-6-11(9-10)18-2/h3-9H,1-2H3,(H,15,17). The number of hydrogen-bond acceptors (Lipinski definition) is 3. The number of pyridine rings is 1. The van der Waals surface area contributed by atoms with Crippen molar-refractivity contribution < 1.29 is 4.79 Å². The molecule has 18 heavy (non-hydrogen) atoms. The van der Waals surface area contributed by atoms with Gasteiger partial charge in [0.2, 0.25) is 0 Å². The lowest BCUT2D eigenvalue weighted by Crippen LogP contribution is -2.19. The molecule has 1 aromatic carbocycles. The van der Waals surface area contributed by atoms with E-state index in [4.69, 9.17) is 0 Å². The molecule has 0 radical (unpaired) electrons. The van der Waals surface area contributed by atoms with Crippen LogP contribution >= 0.6 is 11.8 Å². The number of carbonyl (C=O) groups is 1. The van der Waals surface area contributed by atoms with E-state index in [0.717, 1.165) is 11.3 Å². The van der Waals surface area contributed by atoms with E-state index in [0.29, 0.717) is 5.69 Å². The first-order valence-electron chi connectivity index (χ1n) is 5.58. The molecule has 1 heterocycles. The summed E-state index contributed by atoms with van der Waals surface area (Å²) in [5, 5.41) is 2.58. The molecule has 0 aliphatic rings. The summed E-state index contributed by atoms with van der Waals surface area (Å²) >= 11 is 1.69. The van der Waals surface area contributed by atoms with Gasteiger partial charge in [-0.15, -0.1) is 11.8 Å². The number of rotatable bonds is 3. The fourth-order valence-electron chi connectivity index (χ4n) is 1.63. The molecular formula is C14H14N2OS. The Morgan fingerprint density at radius 2 is 2.00 bits per heavy atom. The molecule has 0 spiro atoms. The largest absolute Gasteiger partial charge is 0.354 e. The SMILES string of the molecule is CNC(=O)c1cccc(-c2cccc(SC)c2)n1. The van der Waals surface area contributed by atoms with Crippen LogP contribution in [0, 0.1) is 0 Å². The van der Waals surface area contributed by atoms with E-state index in [1.165, 1.54) is 4.90 Å². The van der Waals surface area contributed by atoms with E-state index in [1.54, 1.807) is 24.9 Å². The van der Waals surface area contributed by atoms with Crippen molar-refractivity contribution in [2.45, 2.75) is 4.90 Å². The minimum atomic E-state index is -0.169. The molecule has 3 nitrogen and oxygen atoms in total. The molecule has 0 atom stereocenters. The van der Waals surface area contributed by atoms with Crippen LogP contribution in [0.4, 0.5) is 0 Å². The molecule has 0 saturated heterocycles. The average Bonchev–Trinajstić information content (AvgIpc) is 2.46. The van der Waals surface area contributed by atoms with Crippen LogP contribution in [0.15, 0.2) is 47.4 Å². The summed E-state index contributed by atoms with van der Waals surface area (Å²) in [5.41, 5.74) is 2.27. The number of thioether (sulfide) groups is 1. The molecule has 92 valence electrons. The highest BCUT2D eigenvalue weighted by Crippen LogP contribution is 2.23. The monoisotopic (exact) mass is 258 g/mol. The first-order chi connectivity index (χ1) is 8.74. The van der Waals surface area contributed by atoms with Crippen LogP contribution in [0.1, 0.15) is 10.5 Å². The third kappa shape index (κ3) is 2.71. The highest BCUT2D eigenvalue weighted by atomic mass is 32.2. The van der Waals surface area contributed by atoms with Crippen LogP contribution in [-0.4, -0.2) is 24.2 Å². The van der Waals surface area contributed by atoms with Gasteiger partial charge >= 0.3 is 0 Å². The summed E-state index contributed by atoms with van der Waals surface area (Å²) in [6.07, 6.45) is 2.04. The number of nitrogens with zero attached hydrogens (tertiary/aromatic N) is 1. The lowest BCUT2D eigenvalue weighted by atomic mass is 10.1. The van der Waals surface area contributed by atoms with E-state index in [-0.39, 0.29) is 5.91 Å². The average molecular weight is 258 g/mol. The summed E-state index contributed by atoms with van der Waals surface area (Å²) in [7, 11) is 1.60. The van der Waals surface area contributed by atoms with Gasteiger partial charge in [0, 0.05) is 17.5 Å². The molecular weight excluding hydrogens is 244 g/mol. The molecule has 0 bridgehead atoms. The predicted molar refractivity (Wildman–Crippen MR) is 74.8 cm³/mol. The number of benzene rings is 1. The second-order valence-corrected chi connectivity index (χ2v) is 4.60. The lowest BCUT2D eigenvalue weighted by molar-refractivity contribution is 0.0958. The minimum Gasteiger partial charge on any atom is -0.354 e. The number of carbonyl (C=O) groups excluding carboxylic acids is 1. The van der Waals surface area contributed by atoms with Gasteiger partial charge in [-0.3, -0.25) is 4.79 Å². The maximum Gasteiger partial charge on any atom is 0.269 e. The fourth-order valence-corrected chi connectivity index (χ4v) is 2.09. The van der Waals surface area contributed by atoms with Crippen LogP contribution in [0.2, 0.25) is 0 Å². The lowest BCUT2D eigenvalue weighted by Gasteiger charge is -2.05. The Morgan fingerprint density at radius 1 is 1.22 bits per heavy atom. The Kier molecular flexibility index (Phi) is 3.99. The van der Waals surface area contributed by atoms with Gasteiger partial charge in [-0.2, -0.15) is 0 Å². The Morgan fingerprint density at radius 3 is 2.72 bits per heavy atom. The smallest absolute Gasteiger partial charge is 0.269 e. The van der Waals surface area contributed by atoms with Gasteiger partial charge in [0.1, 0.15) is 5.69 Å². The zero-order chi connectivity index (χ0) is 13.0. The van der Waals surface area contributed by atoms with Crippen molar-refractivity contribution >= 4 is 17.7 Å². The zero-order valence-electron chi connectivity index (χ0n) is 10.3. The first kappa shape index (κ1) is 12.6. The molecule has 0 saturated carbocycles. The topological polar surface area (TPSA) is 42.0 Å². The molecule has 0 unspecified atom stereocenters. The molecule has 2 rings (SSSR count). The van der Waals surface area contributed by atoms with Crippen molar-refractivity contribution in [1.29, 1.82) is 0 Å². The molecule has 4 heteroatoms. The van der Waals surface area contributed by atoms with Crippen LogP contribution in [0.25, 0.3) is 11.3 Å². The zero-order valence-corrected chi connectivity index (χ0v) is 11.1. The summed E-state index contributed by atoms with van der Waals surface area (Å²) < 4.78 is 0. The highest BCUT2D eigenvalue weighted by Gasteiger charge is 2.07. The maximum atomic E-state index is 11.5. The van der Waals surface area contributed by atoms with Crippen LogP contribution < -0.4 is 5.32 Å². The number of aromatic nitrogens is 1. The van der Waals surface area contributed by atoms with Crippen molar-refractivity contribution in [3.8, 4) is 11.3 Å². The molecule has 0 aliphatic carbocycles. The van der Waals surface area contributed by atoms with Gasteiger partial charge in [0.15, 0.2) is 0 Å². The van der Waals surface area contributed by atoms with Crippen LogP contribution in [0.3, 0.4) is 0 Å². The van der Waals surface area contributed by atoms with E-state index in [9.17, 15) is 4.79 Å². The number of amides is 1. The third-order valence-corrected chi connectivity index (χ3v) is 3.30. The molecule has 1 N–H and O–H groups in total. The van der Waals surface area contributed by atoms with Crippen molar-refractivity contribution in [1.82, 2.24) is 10.3 Å². The summed E-state index contributed by atoms with van der Waals surface area (Å²) in [6.45, 7) is 0. The van der Waals surface area contributed by atoms with Gasteiger partial charge in [0.05, 0.1) is 5.69 Å². The van der Waals surface area contributed by atoms with Gasteiger partial charge in [0.25, 0.3) is 5.91 Å². The minimum absolute atomic E-state index is 0.169. The van der Waals surface area contributed by atoms with Gasteiger partial charge in [-0.1, -0.05) is 18.2 Å². The van der Waals surface area contributed by atoms with E-state index in [2.05, 4.69) is 22.4 Å². The Balaban J connectivity index is 2.41. The van der Waals surface area contributed by atoms with Crippen LogP contribution in [-0.2, 0) is 0 Å². The Hall–Kier alpha value is -1.81. The summed E-state index contributed by atoms with van der Waals surface area (Å²) in [5.74, 6) is -0.169. The van der Waals surface area contributed by atoms with Gasteiger partial charge < -0.3 is 5.32 Å².